The maximum Gasteiger partial charge on any atom is 0.321 e. The second-order valence-corrected chi connectivity index (χ2v) is 10.2. The Balaban J connectivity index is 1.73. The summed E-state index contributed by atoms with van der Waals surface area (Å²) in [6.45, 7) is 2.56. The summed E-state index contributed by atoms with van der Waals surface area (Å²) in [7, 11) is -2.25. The standard InChI is InChI=1S/C24H31N3O5S/c1-31-21-12-13-26(24(28)25-14-16-32-17-15-25)23(18-21)27(19-20-8-4-2-5-9-20)33(29,30)22-10-6-3-7-11-22/h2-11,21,23H,12-19H2,1H3. The van der Waals surface area contributed by atoms with Gasteiger partial charge in [0.1, 0.15) is 6.17 Å². The average molecular weight is 474 g/mol. The maximum absolute atomic E-state index is 13.9. The van der Waals surface area contributed by atoms with Gasteiger partial charge in [0.2, 0.25) is 10.0 Å². The number of benzene rings is 2. The van der Waals surface area contributed by atoms with Gasteiger partial charge in [0.25, 0.3) is 0 Å². The highest BCUT2D eigenvalue weighted by molar-refractivity contribution is 7.89. The summed E-state index contributed by atoms with van der Waals surface area (Å²) in [5, 5.41) is 0. The number of nitrogens with zero attached hydrogens (tertiary/aromatic N) is 3. The molecule has 2 atom stereocenters. The molecule has 0 spiro atoms. The zero-order valence-corrected chi connectivity index (χ0v) is 19.7. The largest absolute Gasteiger partial charge is 0.381 e. The number of methoxy groups -OCH3 is 1. The molecule has 2 aromatic rings. The fourth-order valence-electron chi connectivity index (χ4n) is 4.40. The number of urea groups is 1. The first-order valence-electron chi connectivity index (χ1n) is 11.3. The molecule has 9 heteroatoms. The van der Waals surface area contributed by atoms with E-state index in [-0.39, 0.29) is 23.6 Å². The van der Waals surface area contributed by atoms with E-state index in [9.17, 15) is 13.2 Å². The van der Waals surface area contributed by atoms with Crippen molar-refractivity contribution in [3.63, 3.8) is 0 Å². The van der Waals surface area contributed by atoms with Gasteiger partial charge in [-0.1, -0.05) is 48.5 Å². The Hall–Kier alpha value is -2.46. The van der Waals surface area contributed by atoms with E-state index in [1.165, 1.54) is 4.31 Å². The lowest BCUT2D eigenvalue weighted by molar-refractivity contribution is -0.0227. The number of morpholine rings is 1. The van der Waals surface area contributed by atoms with Crippen LogP contribution in [0.5, 0.6) is 0 Å². The molecule has 2 aromatic carbocycles. The van der Waals surface area contributed by atoms with Crippen molar-refractivity contribution in [2.24, 2.45) is 0 Å². The van der Waals surface area contributed by atoms with E-state index >= 15 is 0 Å². The first-order valence-corrected chi connectivity index (χ1v) is 12.7. The molecule has 4 rings (SSSR count). The lowest BCUT2D eigenvalue weighted by atomic mass is 10.0. The number of hydrogen-bond donors (Lipinski definition) is 0. The van der Waals surface area contributed by atoms with Crippen molar-refractivity contribution >= 4 is 16.1 Å². The number of hydrogen-bond acceptors (Lipinski definition) is 5. The second-order valence-electron chi connectivity index (χ2n) is 8.29. The van der Waals surface area contributed by atoms with E-state index in [2.05, 4.69) is 0 Å². The van der Waals surface area contributed by atoms with Crippen LogP contribution in [0.15, 0.2) is 65.6 Å². The van der Waals surface area contributed by atoms with E-state index in [0.29, 0.717) is 45.7 Å². The molecule has 0 saturated carbocycles. The van der Waals surface area contributed by atoms with Crippen molar-refractivity contribution in [3.8, 4) is 0 Å². The summed E-state index contributed by atoms with van der Waals surface area (Å²) in [5.41, 5.74) is 0.857. The minimum Gasteiger partial charge on any atom is -0.381 e. The second kappa shape index (κ2) is 10.6. The Morgan fingerprint density at radius 1 is 1.03 bits per heavy atom. The SMILES string of the molecule is COC1CCN(C(=O)N2CCOCC2)C(N(Cc2ccccc2)S(=O)(=O)c2ccccc2)C1. The number of carbonyl (C=O) groups excluding carboxylic acids is 1. The molecule has 2 saturated heterocycles. The topological polar surface area (TPSA) is 79.4 Å². The van der Waals surface area contributed by atoms with E-state index in [1.807, 2.05) is 30.3 Å². The molecule has 0 bridgehead atoms. The van der Waals surface area contributed by atoms with Crippen LogP contribution >= 0.6 is 0 Å². The first-order chi connectivity index (χ1) is 16.0. The lowest BCUT2D eigenvalue weighted by Gasteiger charge is -2.46. The highest BCUT2D eigenvalue weighted by Crippen LogP contribution is 2.30. The van der Waals surface area contributed by atoms with Gasteiger partial charge in [-0.3, -0.25) is 0 Å². The Morgan fingerprint density at radius 3 is 2.30 bits per heavy atom. The first kappa shape index (κ1) is 23.7. The number of amides is 2. The summed E-state index contributed by atoms with van der Waals surface area (Å²) in [5.74, 6) is 0. The predicted octanol–water partition coefficient (Wildman–Crippen LogP) is 2.77. The van der Waals surface area contributed by atoms with Gasteiger partial charge in [-0.2, -0.15) is 4.31 Å². The fourth-order valence-corrected chi connectivity index (χ4v) is 6.01. The monoisotopic (exact) mass is 473 g/mol. The van der Waals surface area contributed by atoms with Crippen LogP contribution in [0.1, 0.15) is 18.4 Å². The summed E-state index contributed by atoms with van der Waals surface area (Å²) < 4.78 is 40.3. The third kappa shape index (κ3) is 5.38. The number of carbonyl (C=O) groups is 1. The predicted molar refractivity (Wildman–Crippen MR) is 124 cm³/mol. The van der Waals surface area contributed by atoms with Crippen LogP contribution in [-0.4, -0.2) is 80.8 Å². The molecule has 0 aliphatic carbocycles. The summed E-state index contributed by atoms with van der Waals surface area (Å²) in [4.78, 5) is 17.2. The quantitative estimate of drug-likeness (QED) is 0.645. The highest BCUT2D eigenvalue weighted by Gasteiger charge is 2.42. The Kier molecular flexibility index (Phi) is 7.64. The third-order valence-corrected chi connectivity index (χ3v) is 8.11. The molecule has 2 aliphatic heterocycles. The van der Waals surface area contributed by atoms with Crippen LogP contribution in [0.2, 0.25) is 0 Å². The van der Waals surface area contributed by atoms with E-state index < -0.39 is 16.2 Å². The van der Waals surface area contributed by atoms with Crippen LogP contribution < -0.4 is 0 Å². The molecule has 2 amide bonds. The number of piperidine rings is 1. The van der Waals surface area contributed by atoms with E-state index in [1.54, 1.807) is 47.2 Å². The molecule has 2 unspecified atom stereocenters. The number of rotatable bonds is 6. The van der Waals surface area contributed by atoms with Crippen LogP contribution in [0.4, 0.5) is 4.79 Å². The van der Waals surface area contributed by atoms with Crippen molar-refractivity contribution in [2.75, 3.05) is 40.0 Å². The third-order valence-electron chi connectivity index (χ3n) is 6.25. The molecule has 0 aromatic heterocycles. The van der Waals surface area contributed by atoms with Crippen molar-refractivity contribution < 1.29 is 22.7 Å². The maximum atomic E-state index is 13.9. The fraction of sp³-hybridized carbons (Fsp3) is 0.458. The molecule has 178 valence electrons. The zero-order valence-electron chi connectivity index (χ0n) is 18.9. The molecule has 33 heavy (non-hydrogen) atoms. The minimum atomic E-state index is -3.89. The number of likely N-dealkylation sites (tertiary alicyclic amines) is 1. The molecule has 2 heterocycles. The van der Waals surface area contributed by atoms with Crippen LogP contribution in [0.25, 0.3) is 0 Å². The summed E-state index contributed by atoms with van der Waals surface area (Å²) in [6, 6.07) is 17.7. The molecule has 0 N–H and O–H groups in total. The van der Waals surface area contributed by atoms with Gasteiger partial charge in [-0.05, 0) is 24.1 Å². The number of ether oxygens (including phenoxy) is 2. The van der Waals surface area contributed by atoms with Gasteiger partial charge in [0.05, 0.1) is 24.2 Å². The van der Waals surface area contributed by atoms with Gasteiger partial charge in [-0.15, -0.1) is 0 Å². The van der Waals surface area contributed by atoms with Gasteiger partial charge in [0.15, 0.2) is 0 Å². The van der Waals surface area contributed by atoms with Crippen LogP contribution in [0, 0.1) is 0 Å². The van der Waals surface area contributed by atoms with Crippen molar-refractivity contribution in [1.29, 1.82) is 0 Å². The van der Waals surface area contributed by atoms with Crippen LogP contribution in [0.3, 0.4) is 0 Å². The van der Waals surface area contributed by atoms with E-state index in [4.69, 9.17) is 9.47 Å². The summed E-state index contributed by atoms with van der Waals surface area (Å²) >= 11 is 0. The average Bonchev–Trinajstić information content (AvgIpc) is 2.88. The van der Waals surface area contributed by atoms with Crippen molar-refractivity contribution in [3.05, 3.63) is 66.2 Å². The molecule has 8 nitrogen and oxygen atoms in total. The Labute approximate surface area is 195 Å². The minimum absolute atomic E-state index is 0.131. The van der Waals surface area contributed by atoms with Crippen LogP contribution in [-0.2, 0) is 26.0 Å². The van der Waals surface area contributed by atoms with E-state index in [0.717, 1.165) is 5.56 Å². The normalized spacial score (nSPS) is 21.9. The smallest absolute Gasteiger partial charge is 0.321 e. The highest BCUT2D eigenvalue weighted by atomic mass is 32.2. The molecule has 0 radical (unpaired) electrons. The molecular weight excluding hydrogens is 442 g/mol. The van der Waals surface area contributed by atoms with Gasteiger partial charge in [0, 0.05) is 39.7 Å². The number of sulfonamides is 1. The van der Waals surface area contributed by atoms with Gasteiger partial charge in [-0.25, -0.2) is 13.2 Å². The lowest BCUT2D eigenvalue weighted by Crippen LogP contribution is -2.61. The molecule has 2 aliphatic rings. The van der Waals surface area contributed by atoms with Gasteiger partial charge < -0.3 is 19.3 Å². The van der Waals surface area contributed by atoms with Crippen molar-refractivity contribution in [2.45, 2.75) is 36.6 Å². The Bertz CT molecular complexity index is 1010. The van der Waals surface area contributed by atoms with Gasteiger partial charge >= 0.3 is 6.03 Å². The molecule has 2 fully saturated rings. The Morgan fingerprint density at radius 2 is 1.67 bits per heavy atom. The van der Waals surface area contributed by atoms with Crippen molar-refractivity contribution in [1.82, 2.24) is 14.1 Å². The molecular formula is C24H31N3O5S. The summed E-state index contributed by atoms with van der Waals surface area (Å²) in [6.07, 6.45) is 0.275. The zero-order chi connectivity index (χ0) is 23.3.